The number of cyclic esters (lactones) is 1. The average Bonchev–Trinajstić information content (AvgIpc) is 3.03. The molecule has 0 aliphatic carbocycles. The highest BCUT2D eigenvalue weighted by Gasteiger charge is 2.22. The molecule has 27 heavy (non-hydrogen) atoms. The second-order valence-electron chi connectivity index (χ2n) is 6.91. The molecule has 1 aliphatic heterocycles. The summed E-state index contributed by atoms with van der Waals surface area (Å²) < 4.78 is 4.91. The number of unbranched alkanes of at least 4 members (excludes halogenated alkanes) is 3. The number of nitrogens with one attached hydrogen (secondary N) is 2. The summed E-state index contributed by atoms with van der Waals surface area (Å²) in [4.78, 5) is 37.3. The third kappa shape index (κ3) is 6.92. The Morgan fingerprint density at radius 1 is 1.22 bits per heavy atom. The molecule has 2 N–H and O–H groups in total. The molecule has 0 spiro atoms. The summed E-state index contributed by atoms with van der Waals surface area (Å²) in [5.41, 5.74) is 1.38. The van der Waals surface area contributed by atoms with Crippen LogP contribution in [0.25, 0.3) is 0 Å². The van der Waals surface area contributed by atoms with Gasteiger partial charge in [-0.2, -0.15) is 0 Å². The van der Waals surface area contributed by atoms with Crippen molar-refractivity contribution in [2.24, 2.45) is 0 Å². The highest BCUT2D eigenvalue weighted by atomic mass is 16.6. The van der Waals surface area contributed by atoms with E-state index in [0.29, 0.717) is 25.4 Å². The van der Waals surface area contributed by atoms with Crippen LogP contribution in [0.2, 0.25) is 0 Å². The fourth-order valence-electron chi connectivity index (χ4n) is 2.96. The molecule has 1 aliphatic rings. The van der Waals surface area contributed by atoms with Crippen molar-refractivity contribution in [2.45, 2.75) is 58.5 Å². The van der Waals surface area contributed by atoms with E-state index < -0.39 is 11.8 Å². The first-order valence-electron chi connectivity index (χ1n) is 9.62. The molecule has 1 heterocycles. The summed E-state index contributed by atoms with van der Waals surface area (Å²) >= 11 is 0. The molecule has 0 saturated carbocycles. The molecule has 148 valence electrons. The van der Waals surface area contributed by atoms with Crippen molar-refractivity contribution in [3.05, 3.63) is 29.8 Å². The van der Waals surface area contributed by atoms with Crippen LogP contribution in [0.5, 0.6) is 0 Å². The Kier molecular flexibility index (Phi) is 8.10. The van der Waals surface area contributed by atoms with E-state index in [2.05, 4.69) is 17.6 Å². The number of amides is 3. The van der Waals surface area contributed by atoms with Crippen molar-refractivity contribution in [1.82, 2.24) is 10.2 Å². The van der Waals surface area contributed by atoms with Gasteiger partial charge in [0.2, 0.25) is 0 Å². The maximum atomic E-state index is 12.1. The number of rotatable bonds is 9. The first kappa shape index (κ1) is 20.7. The summed E-state index contributed by atoms with van der Waals surface area (Å²) in [6, 6.07) is 7.07. The summed E-state index contributed by atoms with van der Waals surface area (Å²) in [6.45, 7) is 5.41. The fourth-order valence-corrected chi connectivity index (χ4v) is 2.96. The van der Waals surface area contributed by atoms with Crippen molar-refractivity contribution < 1.29 is 19.1 Å². The van der Waals surface area contributed by atoms with Crippen LogP contribution in [0.1, 0.15) is 51.5 Å². The molecular weight excluding hydrogens is 346 g/mol. The van der Waals surface area contributed by atoms with Crippen molar-refractivity contribution >= 4 is 23.6 Å². The lowest BCUT2D eigenvalue weighted by Gasteiger charge is -2.15. The zero-order valence-electron chi connectivity index (χ0n) is 16.1. The number of carbonyl (C=O) groups excluding carboxylic acids is 3. The van der Waals surface area contributed by atoms with Gasteiger partial charge in [0.15, 0.2) is 0 Å². The van der Waals surface area contributed by atoms with Gasteiger partial charge in [-0.1, -0.05) is 44.7 Å². The number of ether oxygens (including phenoxy) is 1. The maximum absolute atomic E-state index is 12.1. The molecule has 2 rings (SSSR count). The van der Waals surface area contributed by atoms with Gasteiger partial charge < -0.3 is 20.3 Å². The van der Waals surface area contributed by atoms with Crippen LogP contribution in [-0.4, -0.2) is 42.0 Å². The molecule has 1 fully saturated rings. The van der Waals surface area contributed by atoms with E-state index in [-0.39, 0.29) is 12.1 Å². The number of hydrogen-bond acceptors (Lipinski definition) is 4. The van der Waals surface area contributed by atoms with Crippen molar-refractivity contribution in [1.29, 1.82) is 0 Å². The van der Waals surface area contributed by atoms with E-state index in [9.17, 15) is 14.4 Å². The Morgan fingerprint density at radius 2 is 2.04 bits per heavy atom. The Labute approximate surface area is 160 Å². The van der Waals surface area contributed by atoms with E-state index >= 15 is 0 Å². The van der Waals surface area contributed by atoms with E-state index in [4.69, 9.17) is 4.74 Å². The molecule has 1 atom stereocenters. The van der Waals surface area contributed by atoms with Crippen LogP contribution in [0, 0.1) is 0 Å². The summed E-state index contributed by atoms with van der Waals surface area (Å²) in [5, 5.41) is 5.35. The minimum Gasteiger partial charge on any atom is -0.448 e. The Morgan fingerprint density at radius 3 is 2.74 bits per heavy atom. The van der Waals surface area contributed by atoms with Gasteiger partial charge in [-0.15, -0.1) is 0 Å². The molecule has 1 aromatic rings. The van der Waals surface area contributed by atoms with Crippen LogP contribution in [0.3, 0.4) is 0 Å². The molecule has 7 nitrogen and oxygen atoms in total. The molecular formula is C20H29N3O4. The summed E-state index contributed by atoms with van der Waals surface area (Å²) in [7, 11) is 0. The van der Waals surface area contributed by atoms with Gasteiger partial charge in [0.05, 0.1) is 6.54 Å². The number of benzene rings is 1. The molecule has 3 amide bonds. The van der Waals surface area contributed by atoms with E-state index in [1.165, 1.54) is 12.8 Å². The SMILES string of the molecule is CCCCCC[C@H](C)NC(=O)C(=O)Nc1cccc(CN2CCOC2=O)c1. The maximum Gasteiger partial charge on any atom is 0.410 e. The van der Waals surface area contributed by atoms with Crippen LogP contribution < -0.4 is 10.6 Å². The first-order chi connectivity index (χ1) is 13.0. The average molecular weight is 375 g/mol. The van der Waals surface area contributed by atoms with Gasteiger partial charge in [0, 0.05) is 18.3 Å². The van der Waals surface area contributed by atoms with Crippen LogP contribution in [-0.2, 0) is 20.9 Å². The highest BCUT2D eigenvalue weighted by Crippen LogP contribution is 2.15. The smallest absolute Gasteiger partial charge is 0.410 e. The predicted octanol–water partition coefficient (Wildman–Crippen LogP) is 3.05. The summed E-state index contributed by atoms with van der Waals surface area (Å²) in [5.74, 6) is -1.32. The lowest BCUT2D eigenvalue weighted by Crippen LogP contribution is -2.40. The van der Waals surface area contributed by atoms with E-state index in [0.717, 1.165) is 24.8 Å². The van der Waals surface area contributed by atoms with Crippen molar-refractivity contribution in [2.75, 3.05) is 18.5 Å². The fraction of sp³-hybridized carbons (Fsp3) is 0.550. The molecule has 0 unspecified atom stereocenters. The van der Waals surface area contributed by atoms with Gasteiger partial charge in [-0.3, -0.25) is 9.59 Å². The second kappa shape index (κ2) is 10.5. The monoisotopic (exact) mass is 375 g/mol. The predicted molar refractivity (Wildman–Crippen MR) is 103 cm³/mol. The Balaban J connectivity index is 1.81. The van der Waals surface area contributed by atoms with Gasteiger partial charge in [-0.25, -0.2) is 4.79 Å². The van der Waals surface area contributed by atoms with Gasteiger partial charge in [0.1, 0.15) is 6.61 Å². The normalized spacial score (nSPS) is 14.6. The van der Waals surface area contributed by atoms with Gasteiger partial charge in [-0.05, 0) is 31.0 Å². The van der Waals surface area contributed by atoms with Crippen molar-refractivity contribution in [3.8, 4) is 0 Å². The zero-order valence-corrected chi connectivity index (χ0v) is 16.1. The Bertz CT molecular complexity index is 662. The second-order valence-corrected chi connectivity index (χ2v) is 6.91. The number of hydrogen-bond donors (Lipinski definition) is 2. The number of anilines is 1. The van der Waals surface area contributed by atoms with Gasteiger partial charge in [0.25, 0.3) is 0 Å². The molecule has 1 aromatic carbocycles. The van der Waals surface area contributed by atoms with Crippen LogP contribution in [0.15, 0.2) is 24.3 Å². The minimum absolute atomic E-state index is 0.0346. The van der Waals surface area contributed by atoms with E-state index in [1.807, 2.05) is 13.0 Å². The Hall–Kier alpha value is -2.57. The molecule has 1 saturated heterocycles. The largest absolute Gasteiger partial charge is 0.448 e. The van der Waals surface area contributed by atoms with Crippen LogP contribution >= 0.6 is 0 Å². The lowest BCUT2D eigenvalue weighted by atomic mass is 10.1. The molecule has 7 heteroatoms. The molecule has 0 radical (unpaired) electrons. The van der Waals surface area contributed by atoms with Crippen molar-refractivity contribution in [3.63, 3.8) is 0 Å². The number of carbonyl (C=O) groups is 3. The quantitative estimate of drug-likeness (QED) is 0.513. The third-order valence-corrected chi connectivity index (χ3v) is 4.48. The van der Waals surface area contributed by atoms with Crippen LogP contribution in [0.4, 0.5) is 10.5 Å². The lowest BCUT2D eigenvalue weighted by molar-refractivity contribution is -0.136. The van der Waals surface area contributed by atoms with Gasteiger partial charge >= 0.3 is 17.9 Å². The third-order valence-electron chi connectivity index (χ3n) is 4.48. The van der Waals surface area contributed by atoms with E-state index in [1.54, 1.807) is 23.1 Å². The molecule has 0 bridgehead atoms. The number of nitrogens with zero attached hydrogens (tertiary/aromatic N) is 1. The topological polar surface area (TPSA) is 87.7 Å². The highest BCUT2D eigenvalue weighted by molar-refractivity contribution is 6.39. The minimum atomic E-state index is -0.687. The molecule has 0 aromatic heterocycles. The zero-order chi connectivity index (χ0) is 19.6. The summed E-state index contributed by atoms with van der Waals surface area (Å²) in [6.07, 6.45) is 5.06. The first-order valence-corrected chi connectivity index (χ1v) is 9.62. The standard InChI is InChI=1S/C20H29N3O4/c1-3-4-5-6-8-15(2)21-18(24)19(25)22-17-10-7-9-16(13-17)14-23-11-12-27-20(23)26/h7,9-10,13,15H,3-6,8,11-12,14H2,1-2H3,(H,21,24)(H,22,25)/t15-/m0/s1.